The van der Waals surface area contributed by atoms with Crippen molar-refractivity contribution < 1.29 is 13.2 Å². The van der Waals surface area contributed by atoms with Crippen molar-refractivity contribution in [3.63, 3.8) is 0 Å². The third kappa shape index (κ3) is 2.70. The molecule has 2 aliphatic heterocycles. The Morgan fingerprint density at radius 1 is 1.04 bits per heavy atom. The molecule has 140 valence electrons. The van der Waals surface area contributed by atoms with E-state index in [1.807, 2.05) is 30.3 Å². The molecule has 0 bridgehead atoms. The number of hydrogen-bond acceptors (Lipinski definition) is 3. The third-order valence-electron chi connectivity index (χ3n) is 5.60. The maximum atomic E-state index is 13.6. The van der Waals surface area contributed by atoms with Gasteiger partial charge in [0, 0.05) is 23.5 Å². The van der Waals surface area contributed by atoms with Gasteiger partial charge >= 0.3 is 0 Å². The van der Waals surface area contributed by atoms with Gasteiger partial charge in [0.25, 0.3) is 10.0 Å². The molecule has 0 radical (unpaired) electrons. The lowest BCUT2D eigenvalue weighted by Crippen LogP contribution is -2.34. The molecule has 5 rings (SSSR count). The molecular weight excluding hydrogens is 428 g/mol. The molecule has 7 heteroatoms. The highest BCUT2D eigenvalue weighted by Crippen LogP contribution is 2.43. The van der Waals surface area contributed by atoms with E-state index in [0.717, 1.165) is 34.1 Å². The lowest BCUT2D eigenvalue weighted by atomic mass is 10.2. The molecule has 2 aromatic rings. The summed E-state index contributed by atoms with van der Waals surface area (Å²) in [5.41, 5.74) is 3.28. The molecule has 2 heterocycles. The fourth-order valence-electron chi connectivity index (χ4n) is 4.11. The van der Waals surface area contributed by atoms with Crippen molar-refractivity contribution in [2.75, 3.05) is 22.3 Å². The minimum atomic E-state index is -3.76. The Morgan fingerprint density at radius 3 is 2.56 bits per heavy atom. The van der Waals surface area contributed by atoms with E-state index in [-0.39, 0.29) is 16.7 Å². The number of rotatable bonds is 3. The first-order chi connectivity index (χ1) is 13.0. The number of para-hydroxylation sites is 1. The van der Waals surface area contributed by atoms with Crippen molar-refractivity contribution in [1.82, 2.24) is 0 Å². The van der Waals surface area contributed by atoms with Crippen molar-refractivity contribution in [3.05, 3.63) is 52.0 Å². The summed E-state index contributed by atoms with van der Waals surface area (Å²) in [5, 5.41) is 0. The second-order valence-corrected chi connectivity index (χ2v) is 10.1. The third-order valence-corrected chi connectivity index (χ3v) is 7.88. The zero-order valence-corrected chi connectivity index (χ0v) is 17.1. The van der Waals surface area contributed by atoms with Crippen molar-refractivity contribution in [3.8, 4) is 0 Å². The molecule has 27 heavy (non-hydrogen) atoms. The van der Waals surface area contributed by atoms with Gasteiger partial charge in [0.05, 0.1) is 11.4 Å². The van der Waals surface area contributed by atoms with Crippen LogP contribution in [0.15, 0.2) is 45.8 Å². The SMILES string of the molecule is O=C(C1CC1)N1CCc2cc(Br)cc(S(=O)(=O)N3CCc4ccccc43)c21. The number of anilines is 2. The molecule has 3 aliphatic rings. The van der Waals surface area contributed by atoms with Gasteiger partial charge in [0.2, 0.25) is 5.91 Å². The van der Waals surface area contributed by atoms with Crippen molar-refractivity contribution >= 4 is 43.2 Å². The minimum absolute atomic E-state index is 0.0580. The maximum absolute atomic E-state index is 13.6. The Labute approximate surface area is 167 Å². The Balaban J connectivity index is 1.64. The van der Waals surface area contributed by atoms with Crippen LogP contribution < -0.4 is 9.21 Å². The lowest BCUT2D eigenvalue weighted by Gasteiger charge is -2.25. The molecule has 0 spiro atoms. The number of carbonyl (C=O) groups excluding carboxylic acids is 1. The predicted molar refractivity (Wildman–Crippen MR) is 108 cm³/mol. The van der Waals surface area contributed by atoms with E-state index < -0.39 is 10.0 Å². The van der Waals surface area contributed by atoms with Gasteiger partial charge in [-0.05, 0) is 55.0 Å². The Kier molecular flexibility index (Phi) is 3.88. The molecule has 1 fully saturated rings. The molecule has 5 nitrogen and oxygen atoms in total. The van der Waals surface area contributed by atoms with E-state index in [1.165, 1.54) is 4.31 Å². The molecule has 0 saturated heterocycles. The van der Waals surface area contributed by atoms with Crippen LogP contribution in [-0.4, -0.2) is 27.4 Å². The second kappa shape index (κ2) is 6.07. The van der Waals surface area contributed by atoms with E-state index in [2.05, 4.69) is 15.9 Å². The summed E-state index contributed by atoms with van der Waals surface area (Å²) < 4.78 is 29.5. The van der Waals surface area contributed by atoms with Crippen LogP contribution in [0.3, 0.4) is 0 Å². The first-order valence-corrected chi connectivity index (χ1v) is 11.4. The number of hydrogen-bond donors (Lipinski definition) is 0. The van der Waals surface area contributed by atoms with E-state index in [9.17, 15) is 13.2 Å². The summed E-state index contributed by atoms with van der Waals surface area (Å²) in [6.07, 6.45) is 3.20. The molecule has 0 aromatic heterocycles. The molecule has 1 saturated carbocycles. The number of carbonyl (C=O) groups is 1. The van der Waals surface area contributed by atoms with Crippen LogP contribution in [0.5, 0.6) is 0 Å². The Hall–Kier alpha value is -1.86. The second-order valence-electron chi connectivity index (χ2n) is 7.38. The van der Waals surface area contributed by atoms with E-state index in [4.69, 9.17) is 0 Å². The highest BCUT2D eigenvalue weighted by molar-refractivity contribution is 9.10. The summed E-state index contributed by atoms with van der Waals surface area (Å²) in [6.45, 7) is 0.986. The zero-order chi connectivity index (χ0) is 18.8. The molecule has 2 aromatic carbocycles. The van der Waals surface area contributed by atoms with Crippen molar-refractivity contribution in [1.29, 1.82) is 0 Å². The molecule has 0 N–H and O–H groups in total. The van der Waals surface area contributed by atoms with E-state index >= 15 is 0 Å². The fraction of sp³-hybridized carbons (Fsp3) is 0.350. The largest absolute Gasteiger partial charge is 0.310 e. The standard InChI is InChI=1S/C20H19BrN2O3S/c21-16-11-15-7-9-22(20(24)14-5-6-14)19(15)18(12-16)27(25,26)23-10-8-13-3-1-2-4-17(13)23/h1-4,11-12,14H,5-10H2. The van der Waals surface area contributed by atoms with Crippen LogP contribution in [-0.2, 0) is 27.7 Å². The normalized spacial score (nSPS) is 18.6. The van der Waals surface area contributed by atoms with Crippen LogP contribution in [0.4, 0.5) is 11.4 Å². The first-order valence-electron chi connectivity index (χ1n) is 9.21. The van der Waals surface area contributed by atoms with Crippen LogP contribution in [0.25, 0.3) is 0 Å². The monoisotopic (exact) mass is 446 g/mol. The highest BCUT2D eigenvalue weighted by Gasteiger charge is 2.41. The molecular formula is C20H19BrN2O3S. The average molecular weight is 447 g/mol. The number of amides is 1. The minimum Gasteiger partial charge on any atom is -0.310 e. The Morgan fingerprint density at radius 2 is 1.78 bits per heavy atom. The van der Waals surface area contributed by atoms with Gasteiger partial charge in [-0.2, -0.15) is 0 Å². The van der Waals surface area contributed by atoms with Crippen molar-refractivity contribution in [2.45, 2.75) is 30.6 Å². The van der Waals surface area contributed by atoms with Crippen LogP contribution in [0.2, 0.25) is 0 Å². The molecule has 1 amide bonds. The average Bonchev–Trinajstić information content (AvgIpc) is 3.27. The van der Waals surface area contributed by atoms with Crippen LogP contribution >= 0.6 is 15.9 Å². The quantitative estimate of drug-likeness (QED) is 0.724. The van der Waals surface area contributed by atoms with Gasteiger partial charge in [-0.3, -0.25) is 9.10 Å². The van der Waals surface area contributed by atoms with Gasteiger partial charge in [0.15, 0.2) is 0 Å². The topological polar surface area (TPSA) is 57.7 Å². The summed E-state index contributed by atoms with van der Waals surface area (Å²) in [4.78, 5) is 14.7. The van der Waals surface area contributed by atoms with Gasteiger partial charge in [0.1, 0.15) is 4.90 Å². The first kappa shape index (κ1) is 17.3. The molecule has 0 atom stereocenters. The molecule has 1 aliphatic carbocycles. The van der Waals surface area contributed by atoms with Gasteiger partial charge in [-0.25, -0.2) is 8.42 Å². The number of sulfonamides is 1. The number of benzene rings is 2. The van der Waals surface area contributed by atoms with Gasteiger partial charge < -0.3 is 4.90 Å². The van der Waals surface area contributed by atoms with Gasteiger partial charge in [-0.1, -0.05) is 34.1 Å². The van der Waals surface area contributed by atoms with Crippen LogP contribution in [0.1, 0.15) is 24.0 Å². The Bertz CT molecular complexity index is 1060. The summed E-state index contributed by atoms with van der Waals surface area (Å²) >= 11 is 3.46. The number of fused-ring (bicyclic) bond motifs is 2. The fourth-order valence-corrected chi connectivity index (χ4v) is 6.54. The van der Waals surface area contributed by atoms with Crippen LogP contribution in [0, 0.1) is 5.92 Å². The van der Waals surface area contributed by atoms with Crippen molar-refractivity contribution in [2.24, 2.45) is 5.92 Å². The zero-order valence-electron chi connectivity index (χ0n) is 14.7. The summed E-state index contributed by atoms with van der Waals surface area (Å²) in [6, 6.07) is 11.2. The summed E-state index contributed by atoms with van der Waals surface area (Å²) in [7, 11) is -3.76. The predicted octanol–water partition coefficient (Wildman–Crippen LogP) is 3.50. The number of nitrogens with zero attached hydrogens (tertiary/aromatic N) is 2. The maximum Gasteiger partial charge on any atom is 0.266 e. The smallest absolute Gasteiger partial charge is 0.266 e. The van der Waals surface area contributed by atoms with E-state index in [1.54, 1.807) is 11.0 Å². The number of halogens is 1. The lowest BCUT2D eigenvalue weighted by molar-refractivity contribution is -0.119. The highest BCUT2D eigenvalue weighted by atomic mass is 79.9. The molecule has 0 unspecified atom stereocenters. The summed E-state index contributed by atoms with van der Waals surface area (Å²) in [5.74, 6) is 0.122. The van der Waals surface area contributed by atoms with Gasteiger partial charge in [-0.15, -0.1) is 0 Å². The van der Waals surface area contributed by atoms with E-state index in [0.29, 0.717) is 31.6 Å².